The lowest BCUT2D eigenvalue weighted by Gasteiger charge is -2.25. The van der Waals surface area contributed by atoms with Crippen LogP contribution in [0.3, 0.4) is 0 Å². The molecule has 0 amide bonds. The molecule has 1 aromatic carbocycles. The minimum atomic E-state index is 0.0205. The second-order valence-corrected chi connectivity index (χ2v) is 9.24. The Morgan fingerprint density at radius 2 is 1.89 bits per heavy atom. The van der Waals surface area contributed by atoms with Crippen molar-refractivity contribution in [3.05, 3.63) is 35.7 Å². The van der Waals surface area contributed by atoms with E-state index < -0.39 is 0 Å². The zero-order valence-corrected chi connectivity index (χ0v) is 17.3. The van der Waals surface area contributed by atoms with Crippen molar-refractivity contribution in [2.45, 2.75) is 46.1 Å². The largest absolute Gasteiger partial charge is 0.486 e. The van der Waals surface area contributed by atoms with Crippen LogP contribution in [0.25, 0.3) is 4.96 Å². The number of nitrogens with zero attached hydrogens (tertiary/aromatic N) is 3. The molecular formula is C20H26N4O2S. The summed E-state index contributed by atoms with van der Waals surface area (Å²) < 4.78 is 13.3. The maximum Gasteiger partial charge on any atom is 0.214 e. The van der Waals surface area contributed by atoms with E-state index in [0.29, 0.717) is 19.1 Å². The van der Waals surface area contributed by atoms with Gasteiger partial charge in [0.15, 0.2) is 11.5 Å². The Kier molecular flexibility index (Phi) is 4.50. The Balaban J connectivity index is 1.60. The molecule has 27 heavy (non-hydrogen) atoms. The summed E-state index contributed by atoms with van der Waals surface area (Å²) in [5, 5.41) is 9.14. The average Bonchev–Trinajstić information content (AvgIpc) is 3.17. The lowest BCUT2D eigenvalue weighted by Crippen LogP contribution is -2.19. The number of benzene rings is 1. The molecule has 0 saturated carbocycles. The molecule has 3 heterocycles. The van der Waals surface area contributed by atoms with Gasteiger partial charge in [-0.1, -0.05) is 52.0 Å². The van der Waals surface area contributed by atoms with E-state index >= 15 is 0 Å². The van der Waals surface area contributed by atoms with Gasteiger partial charge in [-0.25, -0.2) is 9.50 Å². The maximum atomic E-state index is 5.74. The van der Waals surface area contributed by atoms with Gasteiger partial charge in [-0.3, -0.25) is 0 Å². The molecule has 1 aliphatic rings. The van der Waals surface area contributed by atoms with Crippen molar-refractivity contribution in [3.8, 4) is 11.5 Å². The lowest BCUT2D eigenvalue weighted by atomic mass is 9.93. The summed E-state index contributed by atoms with van der Waals surface area (Å²) in [4.78, 5) is 5.64. The summed E-state index contributed by atoms with van der Waals surface area (Å²) in [7, 11) is 0. The molecule has 0 aliphatic carbocycles. The highest BCUT2D eigenvalue weighted by molar-refractivity contribution is 7.20. The predicted octanol–water partition coefficient (Wildman–Crippen LogP) is 4.67. The molecule has 6 nitrogen and oxygen atoms in total. The van der Waals surface area contributed by atoms with E-state index in [1.54, 1.807) is 11.3 Å². The highest BCUT2D eigenvalue weighted by Crippen LogP contribution is 2.36. The summed E-state index contributed by atoms with van der Waals surface area (Å²) in [6.45, 7) is 12.1. The minimum absolute atomic E-state index is 0.0205. The van der Waals surface area contributed by atoms with Crippen molar-refractivity contribution in [1.82, 2.24) is 14.6 Å². The van der Waals surface area contributed by atoms with E-state index in [9.17, 15) is 0 Å². The average molecular weight is 387 g/mol. The number of nitrogens with one attached hydrogen (secondary N) is 1. The normalized spacial score (nSPS) is 15.3. The second kappa shape index (κ2) is 6.71. The van der Waals surface area contributed by atoms with E-state index in [1.807, 2.05) is 16.8 Å². The first-order valence-electron chi connectivity index (χ1n) is 9.34. The number of hydrogen-bond donors (Lipinski definition) is 1. The Morgan fingerprint density at radius 3 is 2.56 bits per heavy atom. The summed E-state index contributed by atoms with van der Waals surface area (Å²) in [6.07, 6.45) is 2.02. The summed E-state index contributed by atoms with van der Waals surface area (Å²) in [6, 6.07) is 6.29. The number of rotatable bonds is 4. The van der Waals surface area contributed by atoms with E-state index in [0.717, 1.165) is 32.8 Å². The zero-order valence-electron chi connectivity index (χ0n) is 16.4. The van der Waals surface area contributed by atoms with Crippen molar-refractivity contribution in [1.29, 1.82) is 0 Å². The molecule has 0 unspecified atom stereocenters. The van der Waals surface area contributed by atoms with Gasteiger partial charge >= 0.3 is 0 Å². The summed E-state index contributed by atoms with van der Waals surface area (Å²) in [5.41, 5.74) is 2.24. The molecule has 0 saturated heterocycles. The molecule has 0 bridgehead atoms. The fourth-order valence-corrected chi connectivity index (χ4v) is 3.96. The smallest absolute Gasteiger partial charge is 0.214 e. The topological polar surface area (TPSA) is 60.7 Å². The third-order valence-corrected chi connectivity index (χ3v) is 5.54. The molecule has 2 aromatic heterocycles. The highest BCUT2D eigenvalue weighted by atomic mass is 32.1. The van der Waals surface area contributed by atoms with E-state index in [2.05, 4.69) is 57.2 Å². The van der Waals surface area contributed by atoms with Crippen molar-refractivity contribution in [2.75, 3.05) is 18.5 Å². The molecule has 0 radical (unpaired) electrons. The van der Waals surface area contributed by atoms with Crippen molar-refractivity contribution < 1.29 is 9.47 Å². The Morgan fingerprint density at radius 1 is 1.15 bits per heavy atom. The lowest BCUT2D eigenvalue weighted by molar-refractivity contribution is 0.171. The van der Waals surface area contributed by atoms with Gasteiger partial charge in [-0.15, -0.1) is 5.10 Å². The molecule has 0 fully saturated rings. The van der Waals surface area contributed by atoms with Gasteiger partial charge in [-0.05, 0) is 23.6 Å². The van der Waals surface area contributed by atoms with Gasteiger partial charge in [-0.2, -0.15) is 0 Å². The maximum absolute atomic E-state index is 5.74. The van der Waals surface area contributed by atoms with Crippen LogP contribution >= 0.6 is 11.3 Å². The van der Waals surface area contributed by atoms with Gasteiger partial charge < -0.3 is 14.8 Å². The first-order valence-corrected chi connectivity index (χ1v) is 10.2. The fourth-order valence-electron chi connectivity index (χ4n) is 3.14. The first kappa shape index (κ1) is 18.1. The first-order chi connectivity index (χ1) is 12.8. The minimum Gasteiger partial charge on any atom is -0.486 e. The van der Waals surface area contributed by atoms with Crippen LogP contribution in [0.4, 0.5) is 5.13 Å². The molecule has 144 valence electrons. The molecule has 3 aromatic rings. The standard InChI is InChI=1S/C20H26N4O2S/c1-12(2)17(13-6-7-14-15(10-13)26-9-8-25-14)22-18-23-24-11-16(20(3,4)5)21-19(24)27-18/h6-7,10-12,17H,8-9H2,1-5H3,(H,22,23)/t17-/m1/s1. The molecule has 1 N–H and O–H groups in total. The van der Waals surface area contributed by atoms with E-state index in [-0.39, 0.29) is 11.5 Å². The van der Waals surface area contributed by atoms with Crippen LogP contribution in [0.5, 0.6) is 11.5 Å². The molecule has 0 spiro atoms. The monoisotopic (exact) mass is 386 g/mol. The van der Waals surface area contributed by atoms with Crippen LogP contribution < -0.4 is 14.8 Å². The quantitative estimate of drug-likeness (QED) is 0.706. The van der Waals surface area contributed by atoms with Crippen LogP contribution in [0.15, 0.2) is 24.4 Å². The van der Waals surface area contributed by atoms with Crippen LogP contribution in [0.2, 0.25) is 0 Å². The number of aromatic nitrogens is 3. The van der Waals surface area contributed by atoms with Crippen molar-refractivity contribution >= 4 is 21.4 Å². The molecule has 7 heteroatoms. The van der Waals surface area contributed by atoms with Gasteiger partial charge in [0, 0.05) is 5.41 Å². The van der Waals surface area contributed by atoms with Crippen molar-refractivity contribution in [2.24, 2.45) is 5.92 Å². The van der Waals surface area contributed by atoms with E-state index in [1.165, 1.54) is 0 Å². The number of anilines is 1. The Labute approximate surface area is 163 Å². The number of imidazole rings is 1. The Hall–Kier alpha value is -2.28. The van der Waals surface area contributed by atoms with Gasteiger partial charge in [0.05, 0.1) is 17.9 Å². The molecule has 4 rings (SSSR count). The van der Waals surface area contributed by atoms with Gasteiger partial charge in [0.2, 0.25) is 10.1 Å². The number of ether oxygens (including phenoxy) is 2. The molecule has 1 aliphatic heterocycles. The van der Waals surface area contributed by atoms with Crippen LogP contribution in [0.1, 0.15) is 51.9 Å². The molecule has 1 atom stereocenters. The van der Waals surface area contributed by atoms with Crippen LogP contribution in [-0.2, 0) is 5.41 Å². The summed E-state index contributed by atoms with van der Waals surface area (Å²) in [5.74, 6) is 2.01. The van der Waals surface area contributed by atoms with Crippen LogP contribution in [0, 0.1) is 5.92 Å². The zero-order chi connectivity index (χ0) is 19.2. The second-order valence-electron chi connectivity index (χ2n) is 8.28. The highest BCUT2D eigenvalue weighted by Gasteiger charge is 2.23. The predicted molar refractivity (Wildman–Crippen MR) is 108 cm³/mol. The van der Waals surface area contributed by atoms with Crippen LogP contribution in [-0.4, -0.2) is 27.8 Å². The number of hydrogen-bond acceptors (Lipinski definition) is 6. The van der Waals surface area contributed by atoms with Gasteiger partial charge in [0.1, 0.15) is 13.2 Å². The molecular weight excluding hydrogens is 360 g/mol. The third-order valence-electron chi connectivity index (χ3n) is 4.68. The van der Waals surface area contributed by atoms with Crippen molar-refractivity contribution in [3.63, 3.8) is 0 Å². The van der Waals surface area contributed by atoms with Gasteiger partial charge in [0.25, 0.3) is 0 Å². The third kappa shape index (κ3) is 3.60. The summed E-state index contributed by atoms with van der Waals surface area (Å²) >= 11 is 1.58. The van der Waals surface area contributed by atoms with E-state index in [4.69, 9.17) is 14.5 Å². The fraction of sp³-hybridized carbons (Fsp3) is 0.500. The Bertz CT molecular complexity index is 923. The number of fused-ring (bicyclic) bond motifs is 2. The SMILES string of the molecule is CC(C)[C@@H](Nc1nn2cc(C(C)(C)C)nc2s1)c1ccc2c(c1)OCCO2.